The van der Waals surface area contributed by atoms with Crippen LogP contribution in [0.4, 0.5) is 0 Å². The highest BCUT2D eigenvalue weighted by Crippen LogP contribution is 2.40. The van der Waals surface area contributed by atoms with Gasteiger partial charge in [-0.15, -0.1) is 12.4 Å². The van der Waals surface area contributed by atoms with E-state index in [2.05, 4.69) is 5.32 Å². The Balaban J connectivity index is 0.00000261. The molecule has 1 aliphatic carbocycles. The number of rotatable bonds is 5. The third kappa shape index (κ3) is 5.15. The second kappa shape index (κ2) is 9.76. The summed E-state index contributed by atoms with van der Waals surface area (Å²) >= 11 is 5.95. The molecular weight excluding hydrogens is 385 g/mol. The summed E-state index contributed by atoms with van der Waals surface area (Å²) < 4.78 is 0. The summed E-state index contributed by atoms with van der Waals surface area (Å²) in [5.41, 5.74) is 6.36. The molecular formula is C20H29Cl2N3O2. The molecule has 4 unspecified atom stereocenters. The second-order valence-electron chi connectivity index (χ2n) is 7.64. The Morgan fingerprint density at radius 3 is 2.59 bits per heavy atom. The fraction of sp³-hybridized carbons (Fsp3) is 0.600. The van der Waals surface area contributed by atoms with Gasteiger partial charge >= 0.3 is 0 Å². The van der Waals surface area contributed by atoms with Crippen LogP contribution >= 0.6 is 24.0 Å². The smallest absolute Gasteiger partial charge is 0.254 e. The van der Waals surface area contributed by atoms with Crippen molar-refractivity contribution in [3.63, 3.8) is 0 Å². The summed E-state index contributed by atoms with van der Waals surface area (Å²) in [5.74, 6) is 0.301. The summed E-state index contributed by atoms with van der Waals surface area (Å²) in [6.45, 7) is 2.47. The Hall–Kier alpha value is -1.30. The number of carbonyl (C=O) groups excluding carboxylic acids is 2. The molecule has 0 bridgehead atoms. The highest BCUT2D eigenvalue weighted by atomic mass is 35.5. The number of hydrogen-bond donors (Lipinski definition) is 2. The molecule has 1 saturated carbocycles. The zero-order valence-corrected chi connectivity index (χ0v) is 17.3. The third-order valence-electron chi connectivity index (χ3n) is 5.62. The predicted octanol–water partition coefficient (Wildman–Crippen LogP) is 3.39. The van der Waals surface area contributed by atoms with Crippen molar-refractivity contribution < 1.29 is 9.59 Å². The average molecular weight is 414 g/mol. The molecule has 1 aromatic carbocycles. The number of nitrogens with two attached hydrogens (primary N) is 1. The highest BCUT2D eigenvalue weighted by molar-refractivity contribution is 6.30. The number of nitrogens with one attached hydrogen (secondary N) is 1. The van der Waals surface area contributed by atoms with Crippen LogP contribution in [-0.4, -0.2) is 41.4 Å². The number of amides is 2. The number of likely N-dealkylation sites (tertiary alicyclic amines) is 1. The Morgan fingerprint density at radius 1 is 1.26 bits per heavy atom. The molecule has 1 saturated heterocycles. The lowest BCUT2D eigenvalue weighted by atomic mass is 9.84. The van der Waals surface area contributed by atoms with Crippen molar-refractivity contribution in [3.05, 3.63) is 34.9 Å². The zero-order valence-electron chi connectivity index (χ0n) is 15.7. The lowest BCUT2D eigenvalue weighted by Gasteiger charge is -2.33. The van der Waals surface area contributed by atoms with Gasteiger partial charge in [0.15, 0.2) is 0 Å². The molecule has 3 rings (SSSR count). The van der Waals surface area contributed by atoms with Crippen LogP contribution in [0.1, 0.15) is 55.8 Å². The number of carbonyl (C=O) groups is 2. The normalized spacial score (nSPS) is 25.3. The minimum atomic E-state index is -0.389. The molecule has 4 atom stereocenters. The first kappa shape index (κ1) is 22.0. The molecule has 1 aromatic rings. The molecule has 27 heavy (non-hydrogen) atoms. The first-order chi connectivity index (χ1) is 12.5. The van der Waals surface area contributed by atoms with Gasteiger partial charge in [0.1, 0.15) is 6.04 Å². The molecule has 0 aromatic heterocycles. The fourth-order valence-corrected chi connectivity index (χ4v) is 4.39. The maximum Gasteiger partial charge on any atom is 0.254 e. The third-order valence-corrected chi connectivity index (χ3v) is 5.87. The lowest BCUT2D eigenvalue weighted by Crippen LogP contribution is -2.50. The summed E-state index contributed by atoms with van der Waals surface area (Å²) in [6.07, 6.45) is 5.87. The standard InChI is InChI=1S/C20H28ClN3O2.ClH/c1-13(22)10-11-23-19(25)18-12-15-4-2-3-5-17(15)24(18)20(26)14-6-8-16(21)9-7-14;/h6-9,13,15,17-18H,2-5,10-12,22H2,1H3,(H,23,25);1H. The van der Waals surface area contributed by atoms with Crippen molar-refractivity contribution in [1.29, 1.82) is 0 Å². The maximum atomic E-state index is 13.2. The monoisotopic (exact) mass is 413 g/mol. The van der Waals surface area contributed by atoms with Gasteiger partial charge in [-0.3, -0.25) is 9.59 Å². The van der Waals surface area contributed by atoms with Crippen molar-refractivity contribution >= 4 is 35.8 Å². The van der Waals surface area contributed by atoms with Crippen LogP contribution in [0.5, 0.6) is 0 Å². The second-order valence-corrected chi connectivity index (χ2v) is 8.08. The van der Waals surface area contributed by atoms with Gasteiger partial charge in [0.25, 0.3) is 5.91 Å². The van der Waals surface area contributed by atoms with Crippen LogP contribution < -0.4 is 11.1 Å². The topological polar surface area (TPSA) is 75.4 Å². The number of nitrogens with zero attached hydrogens (tertiary/aromatic N) is 1. The van der Waals surface area contributed by atoms with Crippen LogP contribution in [0.25, 0.3) is 0 Å². The van der Waals surface area contributed by atoms with E-state index >= 15 is 0 Å². The summed E-state index contributed by atoms with van der Waals surface area (Å²) in [4.78, 5) is 27.8. The van der Waals surface area contributed by atoms with Gasteiger partial charge in [0, 0.05) is 29.2 Å². The van der Waals surface area contributed by atoms with Crippen LogP contribution in [0.15, 0.2) is 24.3 Å². The van der Waals surface area contributed by atoms with E-state index in [0.717, 1.165) is 32.1 Å². The highest BCUT2D eigenvalue weighted by Gasteiger charge is 2.47. The average Bonchev–Trinajstić information content (AvgIpc) is 3.01. The molecule has 0 radical (unpaired) electrons. The maximum absolute atomic E-state index is 13.2. The molecule has 2 amide bonds. The largest absolute Gasteiger partial charge is 0.354 e. The quantitative estimate of drug-likeness (QED) is 0.776. The Labute approximate surface area is 172 Å². The SMILES string of the molecule is CC(N)CCNC(=O)C1CC2CCCCC2N1C(=O)c1ccc(Cl)cc1.Cl. The Bertz CT molecular complexity index is 651. The molecule has 0 spiro atoms. The molecule has 150 valence electrons. The zero-order chi connectivity index (χ0) is 18.7. The van der Waals surface area contributed by atoms with E-state index in [9.17, 15) is 9.59 Å². The number of hydrogen-bond acceptors (Lipinski definition) is 3. The van der Waals surface area contributed by atoms with Gasteiger partial charge in [-0.25, -0.2) is 0 Å². The minimum Gasteiger partial charge on any atom is -0.354 e. The van der Waals surface area contributed by atoms with E-state index in [4.69, 9.17) is 17.3 Å². The van der Waals surface area contributed by atoms with Crippen LogP contribution in [0.3, 0.4) is 0 Å². The van der Waals surface area contributed by atoms with Crippen molar-refractivity contribution in [1.82, 2.24) is 10.2 Å². The van der Waals surface area contributed by atoms with Gasteiger partial charge in [0.2, 0.25) is 5.91 Å². The van der Waals surface area contributed by atoms with Gasteiger partial charge in [-0.2, -0.15) is 0 Å². The van der Waals surface area contributed by atoms with E-state index in [1.54, 1.807) is 24.3 Å². The number of fused-ring (bicyclic) bond motifs is 1. The Morgan fingerprint density at radius 2 is 1.93 bits per heavy atom. The van der Waals surface area contributed by atoms with E-state index in [1.807, 2.05) is 11.8 Å². The van der Waals surface area contributed by atoms with Gasteiger partial charge in [-0.05, 0) is 62.8 Å². The van der Waals surface area contributed by atoms with E-state index < -0.39 is 0 Å². The molecule has 5 nitrogen and oxygen atoms in total. The van der Waals surface area contributed by atoms with Crippen molar-refractivity contribution in [3.8, 4) is 0 Å². The van der Waals surface area contributed by atoms with Crippen molar-refractivity contribution in [2.45, 2.75) is 63.6 Å². The van der Waals surface area contributed by atoms with Gasteiger partial charge < -0.3 is 16.0 Å². The summed E-state index contributed by atoms with van der Waals surface area (Å²) in [6, 6.07) is 6.75. The van der Waals surface area contributed by atoms with E-state index in [1.165, 1.54) is 6.42 Å². The summed E-state index contributed by atoms with van der Waals surface area (Å²) in [7, 11) is 0. The first-order valence-corrected chi connectivity index (χ1v) is 9.96. The number of benzene rings is 1. The van der Waals surface area contributed by atoms with Crippen LogP contribution in [0, 0.1) is 5.92 Å². The van der Waals surface area contributed by atoms with Gasteiger partial charge in [0.05, 0.1) is 0 Å². The molecule has 2 fully saturated rings. The molecule has 1 aliphatic heterocycles. The van der Waals surface area contributed by atoms with Crippen molar-refractivity contribution in [2.75, 3.05) is 6.54 Å². The van der Waals surface area contributed by atoms with E-state index in [-0.39, 0.29) is 42.3 Å². The lowest BCUT2D eigenvalue weighted by molar-refractivity contribution is -0.125. The number of halogens is 2. The van der Waals surface area contributed by atoms with Crippen LogP contribution in [0.2, 0.25) is 5.02 Å². The fourth-order valence-electron chi connectivity index (χ4n) is 4.27. The van der Waals surface area contributed by atoms with Crippen molar-refractivity contribution in [2.24, 2.45) is 11.7 Å². The molecule has 2 aliphatic rings. The van der Waals surface area contributed by atoms with E-state index in [0.29, 0.717) is 23.0 Å². The van der Waals surface area contributed by atoms with Crippen LogP contribution in [-0.2, 0) is 4.79 Å². The summed E-state index contributed by atoms with van der Waals surface area (Å²) in [5, 5.41) is 3.58. The molecule has 7 heteroatoms. The molecule has 3 N–H and O–H groups in total. The minimum absolute atomic E-state index is 0. The first-order valence-electron chi connectivity index (χ1n) is 9.59. The van der Waals surface area contributed by atoms with Gasteiger partial charge in [-0.1, -0.05) is 24.4 Å². The predicted molar refractivity (Wildman–Crippen MR) is 110 cm³/mol. The molecule has 1 heterocycles. The Kier molecular flexibility index (Phi) is 7.95.